The lowest BCUT2D eigenvalue weighted by molar-refractivity contribution is -0.139. The van der Waals surface area contributed by atoms with Gasteiger partial charge in [-0.1, -0.05) is 13.8 Å². The molecule has 6 heteroatoms. The summed E-state index contributed by atoms with van der Waals surface area (Å²) in [5.74, 6) is 0.240. The van der Waals surface area contributed by atoms with E-state index in [4.69, 9.17) is 0 Å². The Balaban J connectivity index is 2.17. The number of aromatic nitrogens is 2. The van der Waals surface area contributed by atoms with Crippen molar-refractivity contribution in [2.45, 2.75) is 39.2 Å². The molecule has 2 atom stereocenters. The normalized spacial score (nSPS) is 24.2. The maximum atomic E-state index is 11.2. The first kappa shape index (κ1) is 12.3. The minimum atomic E-state index is -0.762. The third-order valence-corrected chi connectivity index (χ3v) is 3.92. The Bertz CT molecular complexity index is 407. The van der Waals surface area contributed by atoms with E-state index < -0.39 is 12.0 Å². The number of carboxylic acid groups (broad SMARTS) is 1. The molecule has 0 amide bonds. The second-order valence-corrected chi connectivity index (χ2v) is 5.22. The maximum absolute atomic E-state index is 11.2. The Morgan fingerprint density at radius 3 is 3.06 bits per heavy atom. The molecule has 2 rings (SSSR count). The average molecular weight is 255 g/mol. The van der Waals surface area contributed by atoms with Crippen molar-refractivity contribution < 1.29 is 9.90 Å². The van der Waals surface area contributed by atoms with Crippen LogP contribution in [0.4, 0.5) is 5.13 Å². The molecular weight excluding hydrogens is 238 g/mol. The average Bonchev–Trinajstić information content (AvgIpc) is 2.84. The van der Waals surface area contributed by atoms with Gasteiger partial charge in [0.2, 0.25) is 5.13 Å². The van der Waals surface area contributed by atoms with E-state index in [9.17, 15) is 9.90 Å². The molecule has 0 aromatic carbocycles. The zero-order valence-electron chi connectivity index (χ0n) is 10.1. The molecule has 0 aliphatic carbocycles. The van der Waals surface area contributed by atoms with E-state index in [1.807, 2.05) is 11.8 Å². The lowest BCUT2D eigenvalue weighted by atomic mass is 10.0. The fourth-order valence-corrected chi connectivity index (χ4v) is 3.00. The largest absolute Gasteiger partial charge is 0.480 e. The van der Waals surface area contributed by atoms with Gasteiger partial charge in [-0.2, -0.15) is 4.37 Å². The summed E-state index contributed by atoms with van der Waals surface area (Å²) in [6, 6.07) is -0.447. The zero-order valence-corrected chi connectivity index (χ0v) is 10.9. The van der Waals surface area contributed by atoms with E-state index in [2.05, 4.69) is 16.3 Å². The van der Waals surface area contributed by atoms with Gasteiger partial charge >= 0.3 is 5.97 Å². The molecule has 0 spiro atoms. The minimum Gasteiger partial charge on any atom is -0.480 e. The van der Waals surface area contributed by atoms with E-state index in [0.29, 0.717) is 0 Å². The van der Waals surface area contributed by atoms with Crippen LogP contribution in [0, 0.1) is 5.92 Å². The summed E-state index contributed by atoms with van der Waals surface area (Å²) in [4.78, 5) is 17.5. The van der Waals surface area contributed by atoms with Crippen molar-refractivity contribution in [2.24, 2.45) is 5.92 Å². The molecule has 2 unspecified atom stereocenters. The van der Waals surface area contributed by atoms with Crippen LogP contribution in [0.1, 0.15) is 32.5 Å². The number of nitrogens with zero attached hydrogens (tertiary/aromatic N) is 3. The van der Waals surface area contributed by atoms with Gasteiger partial charge in [-0.05, 0) is 18.8 Å². The van der Waals surface area contributed by atoms with E-state index in [0.717, 1.165) is 36.8 Å². The molecule has 1 saturated heterocycles. The van der Waals surface area contributed by atoms with Crippen LogP contribution in [0.25, 0.3) is 0 Å². The van der Waals surface area contributed by atoms with Gasteiger partial charge < -0.3 is 10.0 Å². The molecule has 0 bridgehead atoms. The Hall–Kier alpha value is -1.17. The molecule has 1 aliphatic rings. The second kappa shape index (κ2) is 5.00. The van der Waals surface area contributed by atoms with Crippen molar-refractivity contribution in [1.82, 2.24) is 9.36 Å². The van der Waals surface area contributed by atoms with E-state index in [1.54, 1.807) is 0 Å². The molecular formula is C11H17N3O2S. The number of aliphatic carboxylic acids is 1. The Kier molecular flexibility index (Phi) is 3.61. The molecule has 1 fully saturated rings. The van der Waals surface area contributed by atoms with Crippen molar-refractivity contribution in [3.8, 4) is 0 Å². The van der Waals surface area contributed by atoms with Gasteiger partial charge in [-0.15, -0.1) is 0 Å². The highest BCUT2D eigenvalue weighted by molar-refractivity contribution is 7.09. The van der Waals surface area contributed by atoms with E-state index in [1.165, 1.54) is 11.5 Å². The Morgan fingerprint density at radius 1 is 1.65 bits per heavy atom. The van der Waals surface area contributed by atoms with Crippen LogP contribution < -0.4 is 4.90 Å². The van der Waals surface area contributed by atoms with E-state index >= 15 is 0 Å². The van der Waals surface area contributed by atoms with Crippen molar-refractivity contribution in [1.29, 1.82) is 0 Å². The first-order valence-corrected chi connectivity index (χ1v) is 6.72. The number of rotatable bonds is 4. The number of carbonyl (C=O) groups is 1. The molecule has 1 aromatic heterocycles. The molecule has 1 N–H and O–H groups in total. The van der Waals surface area contributed by atoms with Gasteiger partial charge in [0.05, 0.1) is 0 Å². The SMILES string of the molecule is CCCc1nsc(N2CCC(C)C2C(=O)O)n1. The van der Waals surface area contributed by atoms with Crippen LogP contribution >= 0.6 is 11.5 Å². The standard InChI is InChI=1S/C11H17N3O2S/c1-3-4-8-12-11(17-13-8)14-6-5-7(2)9(14)10(15)16/h7,9H,3-6H2,1-2H3,(H,15,16). The molecule has 0 radical (unpaired) electrons. The van der Waals surface area contributed by atoms with Gasteiger partial charge in [-0.25, -0.2) is 9.78 Å². The number of hydrogen-bond donors (Lipinski definition) is 1. The first-order chi connectivity index (χ1) is 8.13. The Morgan fingerprint density at radius 2 is 2.41 bits per heavy atom. The van der Waals surface area contributed by atoms with Crippen molar-refractivity contribution in [3.05, 3.63) is 5.82 Å². The number of hydrogen-bond acceptors (Lipinski definition) is 5. The number of aryl methyl sites for hydroxylation is 1. The molecule has 17 heavy (non-hydrogen) atoms. The van der Waals surface area contributed by atoms with E-state index in [-0.39, 0.29) is 5.92 Å². The summed E-state index contributed by atoms with van der Waals surface area (Å²) in [6.07, 6.45) is 2.77. The van der Waals surface area contributed by atoms with Crippen molar-refractivity contribution >= 4 is 22.6 Å². The topological polar surface area (TPSA) is 66.3 Å². The van der Waals surface area contributed by atoms with Gasteiger partial charge in [0.15, 0.2) is 0 Å². The van der Waals surface area contributed by atoms with Gasteiger partial charge in [0.25, 0.3) is 0 Å². The summed E-state index contributed by atoms with van der Waals surface area (Å²) in [5.41, 5.74) is 0. The summed E-state index contributed by atoms with van der Waals surface area (Å²) < 4.78 is 4.27. The monoisotopic (exact) mass is 255 g/mol. The summed E-state index contributed by atoms with van der Waals surface area (Å²) in [6.45, 7) is 4.82. The second-order valence-electron chi connectivity index (χ2n) is 4.49. The van der Waals surface area contributed by atoms with Crippen LogP contribution in [0.2, 0.25) is 0 Å². The zero-order chi connectivity index (χ0) is 12.4. The van der Waals surface area contributed by atoms with Crippen LogP contribution in [0.3, 0.4) is 0 Å². The highest BCUT2D eigenvalue weighted by atomic mass is 32.1. The van der Waals surface area contributed by atoms with Crippen LogP contribution in [0.15, 0.2) is 0 Å². The summed E-state index contributed by atoms with van der Waals surface area (Å²) >= 11 is 1.31. The highest BCUT2D eigenvalue weighted by Gasteiger charge is 2.38. The molecule has 94 valence electrons. The summed E-state index contributed by atoms with van der Waals surface area (Å²) in [7, 11) is 0. The first-order valence-electron chi connectivity index (χ1n) is 5.95. The summed E-state index contributed by atoms with van der Waals surface area (Å²) in [5, 5.41) is 10.00. The third kappa shape index (κ3) is 2.41. The Labute approximate surface area is 105 Å². The van der Waals surface area contributed by atoms with Crippen molar-refractivity contribution in [2.75, 3.05) is 11.4 Å². The number of carboxylic acids is 1. The molecule has 5 nitrogen and oxygen atoms in total. The molecule has 0 saturated carbocycles. The van der Waals surface area contributed by atoms with Crippen molar-refractivity contribution in [3.63, 3.8) is 0 Å². The fraction of sp³-hybridized carbons (Fsp3) is 0.727. The number of anilines is 1. The highest BCUT2D eigenvalue weighted by Crippen LogP contribution is 2.30. The smallest absolute Gasteiger partial charge is 0.326 e. The quantitative estimate of drug-likeness (QED) is 0.888. The van der Waals surface area contributed by atoms with Gasteiger partial charge in [-0.3, -0.25) is 0 Å². The molecule has 2 heterocycles. The molecule has 1 aromatic rings. The predicted octanol–water partition coefficient (Wildman–Crippen LogP) is 1.79. The fourth-order valence-electron chi connectivity index (χ4n) is 2.22. The third-order valence-electron chi connectivity index (χ3n) is 3.13. The molecule has 1 aliphatic heterocycles. The van der Waals surface area contributed by atoms with Gasteiger partial charge in [0.1, 0.15) is 11.9 Å². The van der Waals surface area contributed by atoms with Crippen LogP contribution in [-0.4, -0.2) is 33.0 Å². The lowest BCUT2D eigenvalue weighted by Gasteiger charge is -2.21. The lowest BCUT2D eigenvalue weighted by Crippen LogP contribution is -2.39. The minimum absolute atomic E-state index is 0.172. The van der Waals surface area contributed by atoms with Crippen LogP contribution in [-0.2, 0) is 11.2 Å². The van der Waals surface area contributed by atoms with Crippen LogP contribution in [0.5, 0.6) is 0 Å². The predicted molar refractivity (Wildman–Crippen MR) is 66.5 cm³/mol. The maximum Gasteiger partial charge on any atom is 0.326 e. The van der Waals surface area contributed by atoms with Gasteiger partial charge in [0, 0.05) is 24.5 Å².